The largest absolute Gasteiger partial charge is 0.454 e. The van der Waals surface area contributed by atoms with Gasteiger partial charge < -0.3 is 0 Å². The van der Waals surface area contributed by atoms with Crippen molar-refractivity contribution in [3.8, 4) is 0 Å². The Balaban J connectivity index is 2.37. The van der Waals surface area contributed by atoms with Gasteiger partial charge in [-0.15, -0.1) is 0 Å². The van der Waals surface area contributed by atoms with Crippen molar-refractivity contribution in [3.05, 3.63) is 70.8 Å². The predicted molar refractivity (Wildman–Crippen MR) is 71.1 cm³/mol. The minimum absolute atomic E-state index is 0.0224. The summed E-state index contributed by atoms with van der Waals surface area (Å²) < 4.78 is 75.7. The first-order chi connectivity index (χ1) is 10.6. The molecule has 0 aliphatic rings. The summed E-state index contributed by atoms with van der Waals surface area (Å²) in [5.41, 5.74) is -1.26. The first-order valence-corrected chi connectivity index (χ1v) is 6.44. The monoisotopic (exact) mass is 332 g/mol. The Morgan fingerprint density at radius 2 is 1.52 bits per heavy atom. The highest BCUT2D eigenvalue weighted by molar-refractivity contribution is 6.01. The Morgan fingerprint density at radius 3 is 2.13 bits per heavy atom. The summed E-state index contributed by atoms with van der Waals surface area (Å²) in [4.78, 5) is 11.4. The van der Waals surface area contributed by atoms with Gasteiger partial charge in [-0.1, -0.05) is 42.5 Å². The molecule has 0 aromatic heterocycles. The van der Waals surface area contributed by atoms with Crippen molar-refractivity contribution in [2.24, 2.45) is 0 Å². The Kier molecular flexibility index (Phi) is 4.49. The molecule has 0 amide bonds. The molecule has 0 aliphatic carbocycles. The number of hydrogen-bond acceptors (Lipinski definition) is 1. The SMILES string of the molecule is O=C(c1ccccc1Cc1cccc(C(F)(F)F)c1)C(F)(F)F. The topological polar surface area (TPSA) is 17.1 Å². The third kappa shape index (κ3) is 4.12. The summed E-state index contributed by atoms with van der Waals surface area (Å²) in [7, 11) is 0. The molecule has 0 N–H and O–H groups in total. The van der Waals surface area contributed by atoms with Crippen LogP contribution in [0.3, 0.4) is 0 Å². The van der Waals surface area contributed by atoms with Crippen LogP contribution in [0, 0.1) is 0 Å². The molecule has 0 saturated carbocycles. The van der Waals surface area contributed by atoms with Gasteiger partial charge in [0, 0.05) is 5.56 Å². The van der Waals surface area contributed by atoms with Crippen LogP contribution in [-0.2, 0) is 12.6 Å². The molecule has 0 saturated heterocycles. The lowest BCUT2D eigenvalue weighted by Crippen LogP contribution is -2.24. The van der Waals surface area contributed by atoms with Crippen LogP contribution in [0.5, 0.6) is 0 Å². The average Bonchev–Trinajstić information content (AvgIpc) is 2.45. The Hall–Kier alpha value is -2.31. The van der Waals surface area contributed by atoms with Gasteiger partial charge in [-0.3, -0.25) is 4.79 Å². The molecule has 0 heterocycles. The van der Waals surface area contributed by atoms with Gasteiger partial charge in [0.05, 0.1) is 5.56 Å². The fraction of sp³-hybridized carbons (Fsp3) is 0.188. The van der Waals surface area contributed by atoms with Crippen molar-refractivity contribution in [2.45, 2.75) is 18.8 Å². The van der Waals surface area contributed by atoms with E-state index in [2.05, 4.69) is 0 Å². The average molecular weight is 332 g/mol. The van der Waals surface area contributed by atoms with E-state index in [9.17, 15) is 31.1 Å². The molecule has 2 aromatic carbocycles. The van der Waals surface area contributed by atoms with Gasteiger partial charge in [-0.2, -0.15) is 26.3 Å². The Morgan fingerprint density at radius 1 is 0.870 bits per heavy atom. The van der Waals surface area contributed by atoms with Crippen molar-refractivity contribution in [2.75, 3.05) is 0 Å². The second kappa shape index (κ2) is 6.06. The molecule has 2 aromatic rings. The number of benzene rings is 2. The van der Waals surface area contributed by atoms with E-state index < -0.39 is 29.3 Å². The van der Waals surface area contributed by atoms with Crippen LogP contribution in [0.4, 0.5) is 26.3 Å². The molecule has 7 heteroatoms. The van der Waals surface area contributed by atoms with E-state index in [1.165, 1.54) is 30.3 Å². The van der Waals surface area contributed by atoms with Crippen LogP contribution in [-0.4, -0.2) is 12.0 Å². The van der Waals surface area contributed by atoms with Gasteiger partial charge in [0.2, 0.25) is 0 Å². The van der Waals surface area contributed by atoms with Crippen molar-refractivity contribution in [1.82, 2.24) is 0 Å². The Labute approximate surface area is 127 Å². The van der Waals surface area contributed by atoms with Gasteiger partial charge in [-0.25, -0.2) is 0 Å². The number of carbonyl (C=O) groups is 1. The third-order valence-electron chi connectivity index (χ3n) is 3.17. The lowest BCUT2D eigenvalue weighted by atomic mass is 9.96. The van der Waals surface area contributed by atoms with Gasteiger partial charge in [0.1, 0.15) is 0 Å². The minimum atomic E-state index is -5.04. The quantitative estimate of drug-likeness (QED) is 0.568. The van der Waals surface area contributed by atoms with Crippen LogP contribution < -0.4 is 0 Å². The molecule has 23 heavy (non-hydrogen) atoms. The number of Topliss-reactive ketones (excluding diaryl/α,β-unsaturated/α-hetero) is 1. The molecule has 0 spiro atoms. The maximum absolute atomic E-state index is 12.7. The predicted octanol–water partition coefficient (Wildman–Crippen LogP) is 5.04. The number of ketones is 1. The number of alkyl halides is 6. The van der Waals surface area contributed by atoms with E-state index in [4.69, 9.17) is 0 Å². The van der Waals surface area contributed by atoms with Gasteiger partial charge >= 0.3 is 12.4 Å². The summed E-state index contributed by atoms with van der Waals surface area (Å²) in [6.07, 6.45) is -9.79. The first kappa shape index (κ1) is 17.1. The molecule has 122 valence electrons. The zero-order valence-electron chi connectivity index (χ0n) is 11.5. The first-order valence-electron chi connectivity index (χ1n) is 6.44. The van der Waals surface area contributed by atoms with E-state index >= 15 is 0 Å². The highest BCUT2D eigenvalue weighted by Crippen LogP contribution is 2.30. The van der Waals surface area contributed by atoms with Gasteiger partial charge in [0.15, 0.2) is 0 Å². The molecule has 0 fully saturated rings. The minimum Gasteiger partial charge on any atom is -0.284 e. The van der Waals surface area contributed by atoms with E-state index in [0.29, 0.717) is 0 Å². The molecule has 0 radical (unpaired) electrons. The van der Waals surface area contributed by atoms with Crippen molar-refractivity contribution in [3.63, 3.8) is 0 Å². The van der Waals surface area contributed by atoms with E-state index in [1.54, 1.807) is 0 Å². The lowest BCUT2D eigenvalue weighted by Gasteiger charge is -2.12. The fourth-order valence-corrected chi connectivity index (χ4v) is 2.13. The molecule has 0 aliphatic heterocycles. The van der Waals surface area contributed by atoms with Crippen molar-refractivity contribution >= 4 is 5.78 Å². The maximum Gasteiger partial charge on any atom is 0.454 e. The number of carbonyl (C=O) groups excluding carboxylic acids is 1. The highest BCUT2D eigenvalue weighted by Gasteiger charge is 2.40. The highest BCUT2D eigenvalue weighted by atomic mass is 19.4. The van der Waals surface area contributed by atoms with Crippen LogP contribution in [0.25, 0.3) is 0 Å². The van der Waals surface area contributed by atoms with E-state index in [1.807, 2.05) is 0 Å². The molecule has 1 nitrogen and oxygen atoms in total. The molecule has 0 bridgehead atoms. The molecule has 0 unspecified atom stereocenters. The normalized spacial score (nSPS) is 12.3. The smallest absolute Gasteiger partial charge is 0.284 e. The fourth-order valence-electron chi connectivity index (χ4n) is 2.13. The number of hydrogen-bond donors (Lipinski definition) is 0. The maximum atomic E-state index is 12.7. The number of halogens is 6. The summed E-state index contributed by atoms with van der Waals surface area (Å²) in [5, 5.41) is 0. The second-order valence-electron chi connectivity index (χ2n) is 4.86. The van der Waals surface area contributed by atoms with E-state index in [0.717, 1.165) is 18.2 Å². The van der Waals surface area contributed by atoms with Crippen LogP contribution in [0.1, 0.15) is 27.0 Å². The molecule has 2 rings (SSSR count). The van der Waals surface area contributed by atoms with E-state index in [-0.39, 0.29) is 17.5 Å². The summed E-state index contributed by atoms with van der Waals surface area (Å²) in [6.45, 7) is 0. The van der Waals surface area contributed by atoms with Crippen LogP contribution in [0.15, 0.2) is 48.5 Å². The molecular formula is C16H10F6O. The zero-order valence-corrected chi connectivity index (χ0v) is 11.5. The summed E-state index contributed by atoms with van der Waals surface area (Å²) >= 11 is 0. The van der Waals surface area contributed by atoms with Crippen LogP contribution in [0.2, 0.25) is 0 Å². The second-order valence-corrected chi connectivity index (χ2v) is 4.86. The van der Waals surface area contributed by atoms with Gasteiger partial charge in [0.25, 0.3) is 5.78 Å². The molecular weight excluding hydrogens is 322 g/mol. The van der Waals surface area contributed by atoms with Crippen molar-refractivity contribution < 1.29 is 31.1 Å². The summed E-state index contributed by atoms with van der Waals surface area (Å²) in [6, 6.07) is 9.27. The summed E-state index contributed by atoms with van der Waals surface area (Å²) in [5.74, 6) is -2.01. The Bertz CT molecular complexity index is 715. The molecule has 0 atom stereocenters. The van der Waals surface area contributed by atoms with Crippen molar-refractivity contribution in [1.29, 1.82) is 0 Å². The standard InChI is InChI=1S/C16H10F6O/c17-15(18,19)12-6-3-4-10(9-12)8-11-5-1-2-7-13(11)14(23)16(20,21)22/h1-7,9H,8H2. The lowest BCUT2D eigenvalue weighted by molar-refractivity contribution is -0.137. The third-order valence-corrected chi connectivity index (χ3v) is 3.17. The zero-order chi connectivity index (χ0) is 17.3. The van der Waals surface area contributed by atoms with Crippen LogP contribution >= 0.6 is 0 Å². The number of rotatable bonds is 3. The van der Waals surface area contributed by atoms with Gasteiger partial charge in [-0.05, 0) is 23.6 Å².